The van der Waals surface area contributed by atoms with E-state index in [0.29, 0.717) is 5.41 Å². The monoisotopic (exact) mass is 250 g/mol. The minimum atomic E-state index is 0.521. The average Bonchev–Trinajstić information content (AvgIpc) is 3.02. The molecule has 2 aliphatic carbocycles. The van der Waals surface area contributed by atoms with Gasteiger partial charge in [0.2, 0.25) is 0 Å². The molecule has 0 spiro atoms. The van der Waals surface area contributed by atoms with Crippen molar-refractivity contribution in [1.82, 2.24) is 10.3 Å². The first kappa shape index (κ1) is 11.7. The number of nitrogens with zero attached hydrogens (tertiary/aromatic N) is 1. The third-order valence-electron chi connectivity index (χ3n) is 4.85. The predicted octanol–water partition coefficient (Wildman–Crippen LogP) is 3.10. The topological polar surface area (TPSA) is 24.9 Å². The van der Waals surface area contributed by atoms with E-state index in [1.165, 1.54) is 44.3 Å². The number of rotatable bonds is 5. The van der Waals surface area contributed by atoms with Crippen molar-refractivity contribution in [3.63, 3.8) is 0 Å². The second kappa shape index (κ2) is 4.69. The highest BCUT2D eigenvalue weighted by atomic mass is 32.1. The molecule has 17 heavy (non-hydrogen) atoms. The van der Waals surface area contributed by atoms with Crippen LogP contribution in [0.4, 0.5) is 0 Å². The van der Waals surface area contributed by atoms with Gasteiger partial charge in [-0.1, -0.05) is 13.3 Å². The van der Waals surface area contributed by atoms with Gasteiger partial charge in [-0.15, -0.1) is 11.3 Å². The highest BCUT2D eigenvalue weighted by molar-refractivity contribution is 7.07. The Hall–Kier alpha value is -0.410. The van der Waals surface area contributed by atoms with Crippen LogP contribution in [0.1, 0.15) is 38.3 Å². The summed E-state index contributed by atoms with van der Waals surface area (Å²) in [5, 5.41) is 5.84. The Kier molecular flexibility index (Phi) is 3.22. The van der Waals surface area contributed by atoms with Crippen LogP contribution in [0.15, 0.2) is 10.9 Å². The largest absolute Gasteiger partial charge is 0.316 e. The van der Waals surface area contributed by atoms with Gasteiger partial charge in [0.25, 0.3) is 0 Å². The van der Waals surface area contributed by atoms with E-state index >= 15 is 0 Å². The van der Waals surface area contributed by atoms with Crippen LogP contribution >= 0.6 is 11.3 Å². The number of hydrogen-bond acceptors (Lipinski definition) is 3. The van der Waals surface area contributed by atoms with Crippen LogP contribution in [0.2, 0.25) is 0 Å². The average molecular weight is 250 g/mol. The molecular weight excluding hydrogens is 228 g/mol. The molecule has 2 fully saturated rings. The number of nitrogens with one attached hydrogen (secondary N) is 1. The lowest BCUT2D eigenvalue weighted by atomic mass is 9.70. The molecule has 3 rings (SSSR count). The fraction of sp³-hybridized carbons (Fsp3) is 0.786. The van der Waals surface area contributed by atoms with Crippen LogP contribution < -0.4 is 5.32 Å². The third-order valence-corrected chi connectivity index (χ3v) is 5.48. The Morgan fingerprint density at radius 1 is 1.53 bits per heavy atom. The van der Waals surface area contributed by atoms with Crippen molar-refractivity contribution in [2.24, 2.45) is 17.3 Å². The van der Waals surface area contributed by atoms with Gasteiger partial charge in [-0.3, -0.25) is 0 Å². The molecule has 0 saturated heterocycles. The molecule has 2 nitrogen and oxygen atoms in total. The van der Waals surface area contributed by atoms with Gasteiger partial charge in [0.1, 0.15) is 0 Å². The van der Waals surface area contributed by atoms with Crippen molar-refractivity contribution in [3.8, 4) is 0 Å². The zero-order valence-electron chi connectivity index (χ0n) is 10.6. The number of aromatic nitrogens is 1. The number of hydrogen-bond donors (Lipinski definition) is 1. The van der Waals surface area contributed by atoms with E-state index in [0.717, 1.165) is 18.4 Å². The molecule has 3 heteroatoms. The van der Waals surface area contributed by atoms with Gasteiger partial charge in [0, 0.05) is 11.9 Å². The molecule has 3 atom stereocenters. The molecule has 1 N–H and O–H groups in total. The summed E-state index contributed by atoms with van der Waals surface area (Å²) in [4.78, 5) is 4.51. The van der Waals surface area contributed by atoms with E-state index in [9.17, 15) is 0 Å². The predicted molar refractivity (Wildman–Crippen MR) is 72.2 cm³/mol. The lowest BCUT2D eigenvalue weighted by molar-refractivity contribution is 0.156. The van der Waals surface area contributed by atoms with Gasteiger partial charge in [-0.25, -0.2) is 4.98 Å². The van der Waals surface area contributed by atoms with Gasteiger partial charge in [0.15, 0.2) is 0 Å². The Balaban J connectivity index is 1.77. The van der Waals surface area contributed by atoms with E-state index in [4.69, 9.17) is 0 Å². The highest BCUT2D eigenvalue weighted by Gasteiger charge is 2.50. The van der Waals surface area contributed by atoms with Crippen molar-refractivity contribution >= 4 is 11.3 Å². The SMILES string of the molecule is CCNCC1(Cc2cscn2)CC2CCC1C2. The summed E-state index contributed by atoms with van der Waals surface area (Å²) in [6.07, 6.45) is 7.05. The minimum Gasteiger partial charge on any atom is -0.316 e. The quantitative estimate of drug-likeness (QED) is 0.868. The van der Waals surface area contributed by atoms with Crippen LogP contribution in [0.5, 0.6) is 0 Å². The summed E-state index contributed by atoms with van der Waals surface area (Å²) in [6.45, 7) is 4.50. The van der Waals surface area contributed by atoms with Crippen LogP contribution in [-0.2, 0) is 6.42 Å². The summed E-state index contributed by atoms with van der Waals surface area (Å²) in [5.74, 6) is 1.96. The third kappa shape index (κ3) is 2.15. The smallest absolute Gasteiger partial charge is 0.0794 e. The van der Waals surface area contributed by atoms with Gasteiger partial charge in [-0.2, -0.15) is 0 Å². The van der Waals surface area contributed by atoms with Gasteiger partial charge in [-0.05, 0) is 49.5 Å². The molecule has 2 bridgehead atoms. The second-order valence-electron chi connectivity index (χ2n) is 5.88. The summed E-state index contributed by atoms with van der Waals surface area (Å²) < 4.78 is 0. The minimum absolute atomic E-state index is 0.521. The Morgan fingerprint density at radius 2 is 2.47 bits per heavy atom. The molecular formula is C14H22N2S. The van der Waals surface area contributed by atoms with E-state index in [1.54, 1.807) is 11.3 Å². The summed E-state index contributed by atoms with van der Waals surface area (Å²) in [5.41, 5.74) is 3.82. The van der Waals surface area contributed by atoms with Crippen LogP contribution in [0.25, 0.3) is 0 Å². The zero-order chi connectivity index (χ0) is 11.7. The molecule has 0 amide bonds. The molecule has 1 aromatic rings. The van der Waals surface area contributed by atoms with E-state index < -0.39 is 0 Å². The van der Waals surface area contributed by atoms with E-state index in [2.05, 4.69) is 22.6 Å². The fourth-order valence-corrected chi connectivity index (χ4v) is 4.67. The van der Waals surface area contributed by atoms with E-state index in [-0.39, 0.29) is 0 Å². The lowest BCUT2D eigenvalue weighted by Gasteiger charge is -2.37. The summed E-state index contributed by atoms with van der Waals surface area (Å²) in [6, 6.07) is 0. The maximum absolute atomic E-state index is 4.51. The molecule has 94 valence electrons. The van der Waals surface area contributed by atoms with Crippen LogP contribution in [0, 0.1) is 17.3 Å². The van der Waals surface area contributed by atoms with Crippen LogP contribution in [-0.4, -0.2) is 18.1 Å². The van der Waals surface area contributed by atoms with Gasteiger partial charge < -0.3 is 5.32 Å². The molecule has 3 unspecified atom stereocenters. The summed E-state index contributed by atoms with van der Waals surface area (Å²) >= 11 is 1.73. The van der Waals surface area contributed by atoms with Gasteiger partial charge >= 0.3 is 0 Å². The summed E-state index contributed by atoms with van der Waals surface area (Å²) in [7, 11) is 0. The first-order valence-electron chi connectivity index (χ1n) is 6.90. The van der Waals surface area contributed by atoms with Gasteiger partial charge in [0.05, 0.1) is 11.2 Å². The maximum Gasteiger partial charge on any atom is 0.0794 e. The normalized spacial score (nSPS) is 35.6. The standard InChI is InChI=1S/C14H22N2S/c1-2-15-9-14(7-13-8-17-10-16-13)6-11-3-4-12(14)5-11/h8,10-12,15H,2-7,9H2,1H3. The highest BCUT2D eigenvalue weighted by Crippen LogP contribution is 2.56. The molecule has 1 heterocycles. The molecule has 2 aliphatic rings. The number of fused-ring (bicyclic) bond motifs is 2. The molecule has 1 aromatic heterocycles. The Morgan fingerprint density at radius 3 is 3.06 bits per heavy atom. The first-order valence-corrected chi connectivity index (χ1v) is 7.84. The first-order chi connectivity index (χ1) is 8.32. The molecule has 0 aliphatic heterocycles. The fourth-order valence-electron chi connectivity index (χ4n) is 4.11. The molecule has 2 saturated carbocycles. The van der Waals surface area contributed by atoms with E-state index in [1.807, 2.05) is 5.51 Å². The van der Waals surface area contributed by atoms with Crippen molar-refractivity contribution < 1.29 is 0 Å². The zero-order valence-corrected chi connectivity index (χ0v) is 11.4. The maximum atomic E-state index is 4.51. The Labute approximate surface area is 108 Å². The molecule has 0 aromatic carbocycles. The van der Waals surface area contributed by atoms with Crippen molar-refractivity contribution in [3.05, 3.63) is 16.6 Å². The van der Waals surface area contributed by atoms with Crippen molar-refractivity contribution in [2.45, 2.75) is 39.0 Å². The second-order valence-corrected chi connectivity index (χ2v) is 6.60. The number of thiazole rings is 1. The Bertz CT molecular complexity index is 362. The van der Waals surface area contributed by atoms with Crippen molar-refractivity contribution in [2.75, 3.05) is 13.1 Å². The van der Waals surface area contributed by atoms with Crippen LogP contribution in [0.3, 0.4) is 0 Å². The molecule has 0 radical (unpaired) electrons. The van der Waals surface area contributed by atoms with Crippen molar-refractivity contribution in [1.29, 1.82) is 0 Å². The lowest BCUT2D eigenvalue weighted by Crippen LogP contribution is -2.40.